The maximum atomic E-state index is 12.9. The van der Waals surface area contributed by atoms with Crippen LogP contribution in [0.3, 0.4) is 0 Å². The highest BCUT2D eigenvalue weighted by Gasteiger charge is 2.29. The minimum absolute atomic E-state index is 0.144. The number of furan rings is 1. The van der Waals surface area contributed by atoms with Crippen LogP contribution in [0, 0.1) is 6.92 Å². The van der Waals surface area contributed by atoms with Gasteiger partial charge in [-0.2, -0.15) is 5.10 Å². The van der Waals surface area contributed by atoms with Gasteiger partial charge in [-0.15, -0.1) is 0 Å². The van der Waals surface area contributed by atoms with Crippen molar-refractivity contribution < 1.29 is 18.7 Å². The number of esters is 1. The average Bonchev–Trinajstić information content (AvgIpc) is 3.20. The molecule has 6 nitrogen and oxygen atoms in total. The monoisotopic (exact) mass is 472 g/mol. The predicted molar refractivity (Wildman–Crippen MR) is 131 cm³/mol. The summed E-state index contributed by atoms with van der Waals surface area (Å²) in [5.74, 6) is 0.285. The number of hydrogen-bond donors (Lipinski definition) is 1. The molecule has 0 bridgehead atoms. The van der Waals surface area contributed by atoms with E-state index in [1.54, 1.807) is 37.3 Å². The summed E-state index contributed by atoms with van der Waals surface area (Å²) < 4.78 is 11.5. The zero-order valence-electron chi connectivity index (χ0n) is 18.4. The van der Waals surface area contributed by atoms with E-state index in [0.29, 0.717) is 46.2 Å². The van der Waals surface area contributed by atoms with E-state index in [1.165, 1.54) is 0 Å². The Kier molecular flexibility index (Phi) is 5.90. The van der Waals surface area contributed by atoms with Crippen molar-refractivity contribution in [1.82, 2.24) is 5.43 Å². The Hall–Kier alpha value is -3.90. The summed E-state index contributed by atoms with van der Waals surface area (Å²) in [5.41, 5.74) is 4.97. The minimum atomic E-state index is -0.568. The van der Waals surface area contributed by atoms with Gasteiger partial charge in [-0.1, -0.05) is 54.1 Å². The molecule has 34 heavy (non-hydrogen) atoms. The molecule has 1 amide bonds. The number of aryl methyl sites for hydroxylation is 1. The Balaban J connectivity index is 1.39. The number of hydrogen-bond acceptors (Lipinski definition) is 5. The van der Waals surface area contributed by atoms with Crippen molar-refractivity contribution in [3.63, 3.8) is 0 Å². The van der Waals surface area contributed by atoms with E-state index in [-0.39, 0.29) is 5.76 Å². The third-order valence-corrected chi connectivity index (χ3v) is 6.18. The quantitative estimate of drug-likeness (QED) is 0.221. The maximum Gasteiger partial charge on any atom is 0.379 e. The number of fused-ring (bicyclic) bond motifs is 2. The fraction of sp³-hybridized carbons (Fsp3) is 0.148. The van der Waals surface area contributed by atoms with Crippen LogP contribution in [0.5, 0.6) is 5.75 Å². The Morgan fingerprint density at radius 1 is 1.00 bits per heavy atom. The molecule has 1 heterocycles. The highest BCUT2D eigenvalue weighted by molar-refractivity contribution is 6.33. The zero-order valence-corrected chi connectivity index (χ0v) is 19.2. The molecule has 5 rings (SSSR count). The number of nitrogens with zero attached hydrogens (tertiary/aromatic N) is 1. The van der Waals surface area contributed by atoms with Gasteiger partial charge in [-0.05, 0) is 54.8 Å². The molecule has 3 aromatic carbocycles. The van der Waals surface area contributed by atoms with Crippen molar-refractivity contribution in [2.45, 2.75) is 26.2 Å². The molecule has 0 radical (unpaired) electrons. The van der Waals surface area contributed by atoms with Crippen LogP contribution in [0.4, 0.5) is 0 Å². The zero-order chi connectivity index (χ0) is 23.7. The first kappa shape index (κ1) is 21.9. The van der Waals surface area contributed by atoms with Crippen molar-refractivity contribution in [3.05, 3.63) is 100.0 Å². The lowest BCUT2D eigenvalue weighted by atomic mass is 9.93. The molecule has 0 spiro atoms. The third-order valence-electron chi connectivity index (χ3n) is 5.85. The summed E-state index contributed by atoms with van der Waals surface area (Å²) in [5, 5.41) is 6.73. The van der Waals surface area contributed by atoms with Gasteiger partial charge in [0, 0.05) is 17.5 Å². The van der Waals surface area contributed by atoms with E-state index in [4.69, 9.17) is 20.8 Å². The number of amides is 1. The van der Waals surface area contributed by atoms with Crippen LogP contribution in [0.2, 0.25) is 5.02 Å². The molecule has 7 heteroatoms. The summed E-state index contributed by atoms with van der Waals surface area (Å²) in [7, 11) is 0. The van der Waals surface area contributed by atoms with Gasteiger partial charge >= 0.3 is 5.97 Å². The van der Waals surface area contributed by atoms with E-state index < -0.39 is 11.9 Å². The highest BCUT2D eigenvalue weighted by Crippen LogP contribution is 2.31. The number of ether oxygens (including phenoxy) is 1. The molecule has 1 N–H and O–H groups in total. The topological polar surface area (TPSA) is 80.9 Å². The first-order valence-electron chi connectivity index (χ1n) is 11.0. The Labute approximate surface area is 201 Å². The summed E-state index contributed by atoms with van der Waals surface area (Å²) in [6, 6.07) is 20.1. The van der Waals surface area contributed by atoms with Gasteiger partial charge in [0.2, 0.25) is 5.76 Å². The second kappa shape index (κ2) is 9.15. The third kappa shape index (κ3) is 4.20. The number of hydrazone groups is 1. The van der Waals surface area contributed by atoms with Crippen LogP contribution in [0.15, 0.2) is 76.2 Å². The van der Waals surface area contributed by atoms with Crippen molar-refractivity contribution >= 4 is 40.0 Å². The van der Waals surface area contributed by atoms with Gasteiger partial charge in [0.25, 0.3) is 5.91 Å². The lowest BCUT2D eigenvalue weighted by Gasteiger charge is -2.13. The summed E-state index contributed by atoms with van der Waals surface area (Å²) in [4.78, 5) is 25.5. The lowest BCUT2D eigenvalue weighted by molar-refractivity contribution is 0.0698. The predicted octanol–water partition coefficient (Wildman–Crippen LogP) is 6.08. The van der Waals surface area contributed by atoms with Gasteiger partial charge in [0.1, 0.15) is 11.5 Å². The lowest BCUT2D eigenvalue weighted by Crippen LogP contribution is -2.22. The summed E-state index contributed by atoms with van der Waals surface area (Å²) in [6.07, 6.45) is 2.12. The smallest absolute Gasteiger partial charge is 0.379 e. The normalized spacial score (nSPS) is 14.1. The number of nitrogens with one attached hydrogen (secondary N) is 1. The Morgan fingerprint density at radius 3 is 2.59 bits per heavy atom. The molecule has 0 atom stereocenters. The fourth-order valence-electron chi connectivity index (χ4n) is 4.18. The number of halogens is 1. The molecular weight excluding hydrogens is 452 g/mol. The molecule has 1 aliphatic carbocycles. The standard InChI is InChI=1S/C27H21ClN2O4/c1-16-24-22(29-30-26(31)20-9-4-5-10-21(20)28)11-6-12-23(24)34-25(16)27(32)33-19-14-13-17-7-2-3-8-18(17)15-19/h2-5,7-10,13-15H,6,11-12H2,1H3,(H,30,31)/b29-22+. The minimum Gasteiger partial charge on any atom is -0.453 e. The van der Waals surface area contributed by atoms with Crippen molar-refractivity contribution in [1.29, 1.82) is 0 Å². The van der Waals surface area contributed by atoms with Crippen LogP contribution in [0.1, 0.15) is 50.6 Å². The van der Waals surface area contributed by atoms with Crippen LogP contribution in [0.25, 0.3) is 10.8 Å². The molecule has 0 unspecified atom stereocenters. The average molecular weight is 473 g/mol. The molecule has 0 saturated heterocycles. The second-order valence-corrected chi connectivity index (χ2v) is 8.49. The van der Waals surface area contributed by atoms with E-state index in [2.05, 4.69) is 10.5 Å². The van der Waals surface area contributed by atoms with Crippen LogP contribution >= 0.6 is 11.6 Å². The van der Waals surface area contributed by atoms with Gasteiger partial charge < -0.3 is 9.15 Å². The van der Waals surface area contributed by atoms with Crippen molar-refractivity contribution in [2.75, 3.05) is 0 Å². The van der Waals surface area contributed by atoms with Gasteiger partial charge in [-0.25, -0.2) is 10.2 Å². The van der Waals surface area contributed by atoms with E-state index >= 15 is 0 Å². The molecule has 1 aromatic heterocycles. The first-order valence-corrected chi connectivity index (χ1v) is 11.3. The molecule has 170 valence electrons. The van der Waals surface area contributed by atoms with Crippen LogP contribution in [-0.2, 0) is 6.42 Å². The molecular formula is C27H21ClN2O4. The Morgan fingerprint density at radius 2 is 1.76 bits per heavy atom. The SMILES string of the molecule is Cc1c(C(=O)Oc2ccc3ccccc3c2)oc2c1/C(=N/NC(=O)c1ccccc1Cl)CCC2. The first-order chi connectivity index (χ1) is 16.5. The van der Waals surface area contributed by atoms with Gasteiger partial charge in [-0.3, -0.25) is 4.79 Å². The van der Waals surface area contributed by atoms with E-state index in [0.717, 1.165) is 22.8 Å². The van der Waals surface area contributed by atoms with Crippen LogP contribution in [-0.4, -0.2) is 17.6 Å². The largest absolute Gasteiger partial charge is 0.453 e. The molecule has 4 aromatic rings. The van der Waals surface area contributed by atoms with Gasteiger partial charge in [0.05, 0.1) is 16.3 Å². The highest BCUT2D eigenvalue weighted by atomic mass is 35.5. The fourth-order valence-corrected chi connectivity index (χ4v) is 4.40. The summed E-state index contributed by atoms with van der Waals surface area (Å²) in [6.45, 7) is 1.80. The molecule has 0 aliphatic heterocycles. The maximum absolute atomic E-state index is 12.9. The molecule has 0 saturated carbocycles. The number of carbonyl (C=O) groups is 2. The van der Waals surface area contributed by atoms with Crippen molar-refractivity contribution in [2.24, 2.45) is 5.10 Å². The number of benzene rings is 3. The van der Waals surface area contributed by atoms with Gasteiger partial charge in [0.15, 0.2) is 0 Å². The van der Waals surface area contributed by atoms with Crippen LogP contribution < -0.4 is 10.2 Å². The summed E-state index contributed by atoms with van der Waals surface area (Å²) >= 11 is 6.11. The second-order valence-electron chi connectivity index (χ2n) is 8.09. The Bertz CT molecular complexity index is 1450. The number of rotatable bonds is 4. The number of carbonyl (C=O) groups excluding carboxylic acids is 2. The van der Waals surface area contributed by atoms with E-state index in [1.807, 2.05) is 36.4 Å². The molecule has 0 fully saturated rings. The van der Waals surface area contributed by atoms with E-state index in [9.17, 15) is 9.59 Å². The molecule has 1 aliphatic rings. The van der Waals surface area contributed by atoms with Crippen molar-refractivity contribution in [3.8, 4) is 5.75 Å².